The smallest absolute Gasteiger partial charge is 0.280 e. The summed E-state index contributed by atoms with van der Waals surface area (Å²) in [6.45, 7) is 0.547. The molecule has 1 amide bonds. The lowest BCUT2D eigenvalue weighted by atomic mass is 10.2. The fourth-order valence-corrected chi connectivity index (χ4v) is 3.39. The summed E-state index contributed by atoms with van der Waals surface area (Å²) >= 11 is 6.09. The number of amides is 1. The average Bonchev–Trinajstić information content (AvgIpc) is 2.63. The third-order valence-corrected chi connectivity index (χ3v) is 5.36. The molecule has 138 valence electrons. The number of sulfone groups is 1. The number of aromatic nitrogens is 1. The second-order valence-electron chi connectivity index (χ2n) is 6.00. The third kappa shape index (κ3) is 4.72. The van der Waals surface area contributed by atoms with Crippen molar-refractivity contribution in [2.75, 3.05) is 6.26 Å². The van der Waals surface area contributed by atoms with Crippen LogP contribution < -0.4 is 5.49 Å². The van der Waals surface area contributed by atoms with Crippen LogP contribution in [0.15, 0.2) is 82.8 Å². The molecule has 5 nitrogen and oxygen atoms in total. The maximum absolute atomic E-state index is 12.7. The van der Waals surface area contributed by atoms with Gasteiger partial charge in [0.1, 0.15) is 5.49 Å². The van der Waals surface area contributed by atoms with E-state index in [1.807, 2.05) is 47.2 Å². The van der Waals surface area contributed by atoms with Crippen LogP contribution in [-0.2, 0) is 16.4 Å². The van der Waals surface area contributed by atoms with E-state index in [9.17, 15) is 13.2 Å². The van der Waals surface area contributed by atoms with Crippen molar-refractivity contribution in [2.45, 2.75) is 11.4 Å². The van der Waals surface area contributed by atoms with E-state index in [-0.39, 0.29) is 15.5 Å². The molecule has 0 aliphatic carbocycles. The van der Waals surface area contributed by atoms with Gasteiger partial charge in [-0.2, -0.15) is 4.99 Å². The lowest BCUT2D eigenvalue weighted by Gasteiger charge is -2.08. The standard InChI is InChI=1S/C20H17ClN2O3S/c1-27(25,26)16-10-11-18(21)17(13-16)20(24)22-19-9-5-6-12-23(19)14-15-7-3-2-4-8-15/h2-13H,14H2,1H3. The van der Waals surface area contributed by atoms with E-state index in [2.05, 4.69) is 4.99 Å². The summed E-state index contributed by atoms with van der Waals surface area (Å²) in [6, 6.07) is 19.2. The molecule has 0 bridgehead atoms. The van der Waals surface area contributed by atoms with Crippen molar-refractivity contribution in [3.05, 3.63) is 94.6 Å². The molecule has 1 aromatic heterocycles. The Morgan fingerprint density at radius 2 is 1.74 bits per heavy atom. The molecule has 0 aliphatic heterocycles. The molecule has 3 rings (SSSR count). The Kier molecular flexibility index (Phi) is 5.58. The fourth-order valence-electron chi connectivity index (χ4n) is 2.55. The molecule has 0 aliphatic rings. The van der Waals surface area contributed by atoms with Crippen LogP contribution in [0.1, 0.15) is 15.9 Å². The SMILES string of the molecule is CS(=O)(=O)c1ccc(Cl)c(C(=O)N=c2ccccn2Cc2ccccc2)c1. The van der Waals surface area contributed by atoms with Crippen LogP contribution >= 0.6 is 11.6 Å². The number of halogens is 1. The molecule has 0 radical (unpaired) electrons. The predicted molar refractivity (Wildman–Crippen MR) is 104 cm³/mol. The van der Waals surface area contributed by atoms with Gasteiger partial charge in [-0.1, -0.05) is 48.0 Å². The van der Waals surface area contributed by atoms with Gasteiger partial charge >= 0.3 is 0 Å². The van der Waals surface area contributed by atoms with Gasteiger partial charge in [-0.25, -0.2) is 8.42 Å². The van der Waals surface area contributed by atoms with E-state index in [1.165, 1.54) is 18.2 Å². The predicted octanol–water partition coefficient (Wildman–Crippen LogP) is 3.33. The van der Waals surface area contributed by atoms with Crippen molar-refractivity contribution in [1.29, 1.82) is 0 Å². The van der Waals surface area contributed by atoms with Crippen LogP contribution in [0.2, 0.25) is 5.02 Å². The molecule has 2 aromatic carbocycles. The first-order valence-electron chi connectivity index (χ1n) is 8.13. The van der Waals surface area contributed by atoms with E-state index in [0.717, 1.165) is 11.8 Å². The maximum atomic E-state index is 12.7. The van der Waals surface area contributed by atoms with Gasteiger partial charge in [0.15, 0.2) is 9.84 Å². The molecule has 7 heteroatoms. The number of benzene rings is 2. The third-order valence-electron chi connectivity index (χ3n) is 3.92. The highest BCUT2D eigenvalue weighted by molar-refractivity contribution is 7.90. The molecule has 0 N–H and O–H groups in total. The Balaban J connectivity index is 2.02. The van der Waals surface area contributed by atoms with E-state index in [1.54, 1.807) is 12.1 Å². The molecule has 27 heavy (non-hydrogen) atoms. The van der Waals surface area contributed by atoms with Crippen LogP contribution in [-0.4, -0.2) is 25.1 Å². The van der Waals surface area contributed by atoms with E-state index in [0.29, 0.717) is 12.0 Å². The Morgan fingerprint density at radius 1 is 1.04 bits per heavy atom. The second kappa shape index (κ2) is 7.90. The van der Waals surface area contributed by atoms with Gasteiger partial charge in [0.2, 0.25) is 0 Å². The lowest BCUT2D eigenvalue weighted by Crippen LogP contribution is -2.22. The summed E-state index contributed by atoms with van der Waals surface area (Å²) in [5.74, 6) is -0.599. The monoisotopic (exact) mass is 400 g/mol. The molecule has 0 atom stereocenters. The first kappa shape index (κ1) is 19.1. The summed E-state index contributed by atoms with van der Waals surface area (Å²) in [5, 5.41) is 0.154. The fraction of sp³-hybridized carbons (Fsp3) is 0.100. The lowest BCUT2D eigenvalue weighted by molar-refractivity contribution is 0.0997. The minimum absolute atomic E-state index is 0.0238. The summed E-state index contributed by atoms with van der Waals surface area (Å²) in [6.07, 6.45) is 2.90. The number of hydrogen-bond acceptors (Lipinski definition) is 3. The summed E-state index contributed by atoms with van der Waals surface area (Å²) in [7, 11) is -3.46. The van der Waals surface area contributed by atoms with Gasteiger partial charge < -0.3 is 4.57 Å². The van der Waals surface area contributed by atoms with Crippen molar-refractivity contribution in [3.8, 4) is 0 Å². The van der Waals surface area contributed by atoms with Crippen molar-refractivity contribution in [2.24, 2.45) is 4.99 Å². The second-order valence-corrected chi connectivity index (χ2v) is 8.43. The number of rotatable bonds is 4. The number of carbonyl (C=O) groups is 1. The summed E-state index contributed by atoms with van der Waals surface area (Å²) in [5.41, 5.74) is 1.57. The van der Waals surface area contributed by atoms with Crippen LogP contribution in [0.4, 0.5) is 0 Å². The zero-order valence-corrected chi connectivity index (χ0v) is 16.1. The number of carbonyl (C=O) groups excluding carboxylic acids is 1. The van der Waals surface area contributed by atoms with Crippen molar-refractivity contribution in [1.82, 2.24) is 4.57 Å². The van der Waals surface area contributed by atoms with Crippen molar-refractivity contribution < 1.29 is 13.2 Å². The van der Waals surface area contributed by atoms with Gasteiger partial charge in [-0.3, -0.25) is 4.79 Å². The van der Waals surface area contributed by atoms with E-state index < -0.39 is 15.7 Å². The Hall–Kier alpha value is -2.70. The Labute approximate surface area is 162 Å². The van der Waals surface area contributed by atoms with Gasteiger partial charge in [-0.05, 0) is 35.9 Å². The molecule has 3 aromatic rings. The highest BCUT2D eigenvalue weighted by atomic mass is 35.5. The van der Waals surface area contributed by atoms with Crippen LogP contribution in [0.5, 0.6) is 0 Å². The molecule has 0 fully saturated rings. The van der Waals surface area contributed by atoms with Gasteiger partial charge in [-0.15, -0.1) is 0 Å². The maximum Gasteiger partial charge on any atom is 0.280 e. The molecule has 0 spiro atoms. The van der Waals surface area contributed by atoms with Gasteiger partial charge in [0, 0.05) is 19.0 Å². The molecule has 0 saturated heterocycles. The van der Waals surface area contributed by atoms with Gasteiger partial charge in [0.25, 0.3) is 5.91 Å². The summed E-state index contributed by atoms with van der Waals surface area (Å²) < 4.78 is 25.3. The molecule has 0 unspecified atom stereocenters. The van der Waals surface area contributed by atoms with E-state index >= 15 is 0 Å². The first-order chi connectivity index (χ1) is 12.8. The normalized spacial score (nSPS) is 12.1. The minimum Gasteiger partial charge on any atom is -0.328 e. The topological polar surface area (TPSA) is 68.5 Å². The zero-order valence-electron chi connectivity index (χ0n) is 14.5. The number of hydrogen-bond donors (Lipinski definition) is 0. The van der Waals surface area contributed by atoms with Crippen molar-refractivity contribution >= 4 is 27.3 Å². The van der Waals surface area contributed by atoms with Crippen molar-refractivity contribution in [3.63, 3.8) is 0 Å². The Morgan fingerprint density at radius 3 is 2.44 bits per heavy atom. The zero-order chi connectivity index (χ0) is 19.4. The number of pyridine rings is 1. The van der Waals surface area contributed by atoms with Crippen LogP contribution in [0, 0.1) is 0 Å². The average molecular weight is 401 g/mol. The van der Waals surface area contributed by atoms with Crippen LogP contribution in [0.25, 0.3) is 0 Å². The largest absolute Gasteiger partial charge is 0.328 e. The van der Waals surface area contributed by atoms with Gasteiger partial charge in [0.05, 0.1) is 15.5 Å². The first-order valence-corrected chi connectivity index (χ1v) is 10.4. The van der Waals surface area contributed by atoms with Crippen LogP contribution in [0.3, 0.4) is 0 Å². The molecule has 0 saturated carbocycles. The van der Waals surface area contributed by atoms with E-state index in [4.69, 9.17) is 11.6 Å². The molecular weight excluding hydrogens is 384 g/mol. The highest BCUT2D eigenvalue weighted by Crippen LogP contribution is 2.21. The quantitative estimate of drug-likeness (QED) is 0.674. The highest BCUT2D eigenvalue weighted by Gasteiger charge is 2.15. The number of nitrogens with zero attached hydrogens (tertiary/aromatic N) is 2. The molecular formula is C20H17ClN2O3S. The minimum atomic E-state index is -3.46. The Bertz CT molecular complexity index is 1150. The molecule has 1 heterocycles. The summed E-state index contributed by atoms with van der Waals surface area (Å²) in [4.78, 5) is 16.8.